The van der Waals surface area contributed by atoms with Gasteiger partial charge >= 0.3 is 0 Å². The number of nitrogens with zero attached hydrogens (tertiary/aromatic N) is 1. The Kier molecular flexibility index (Phi) is 12.1. The molecule has 2 atom stereocenters. The molecule has 0 aliphatic carbocycles. The van der Waals surface area contributed by atoms with Crippen LogP contribution in [0.2, 0.25) is 0 Å². The van der Waals surface area contributed by atoms with Crippen LogP contribution in [-0.4, -0.2) is 36.5 Å². The maximum Gasteiger partial charge on any atom is 0.221 e. The molecule has 138 valence electrons. The van der Waals surface area contributed by atoms with E-state index in [0.717, 1.165) is 25.2 Å². The summed E-state index contributed by atoms with van der Waals surface area (Å²) in [6, 6.07) is 10.3. The average Bonchev–Trinajstić information content (AvgIpc) is 2.56. The minimum absolute atomic E-state index is 0. The van der Waals surface area contributed by atoms with Crippen LogP contribution in [0.5, 0.6) is 0 Å². The van der Waals surface area contributed by atoms with Gasteiger partial charge in [-0.1, -0.05) is 43.7 Å². The monoisotopic (exact) mass is 375 g/mol. The Bertz CT molecular complexity index is 459. The molecule has 1 fully saturated rings. The van der Waals surface area contributed by atoms with E-state index < -0.39 is 0 Å². The minimum Gasteiger partial charge on any atom is -0.355 e. The lowest BCUT2D eigenvalue weighted by atomic mass is 10.0. The summed E-state index contributed by atoms with van der Waals surface area (Å²) >= 11 is 0. The molecule has 0 spiro atoms. The van der Waals surface area contributed by atoms with Crippen molar-refractivity contribution < 1.29 is 4.79 Å². The van der Waals surface area contributed by atoms with Crippen molar-refractivity contribution in [2.75, 3.05) is 19.6 Å². The Morgan fingerprint density at radius 1 is 1.29 bits per heavy atom. The van der Waals surface area contributed by atoms with Gasteiger partial charge in [0.05, 0.1) is 0 Å². The first-order valence-corrected chi connectivity index (χ1v) is 8.52. The van der Waals surface area contributed by atoms with Crippen molar-refractivity contribution in [1.29, 1.82) is 0 Å². The molecule has 3 N–H and O–H groups in total. The molecule has 1 saturated heterocycles. The lowest BCUT2D eigenvalue weighted by Crippen LogP contribution is -2.43. The van der Waals surface area contributed by atoms with Gasteiger partial charge < -0.3 is 11.1 Å². The Morgan fingerprint density at radius 2 is 2.00 bits per heavy atom. The maximum atomic E-state index is 12.0. The van der Waals surface area contributed by atoms with Crippen LogP contribution < -0.4 is 11.1 Å². The van der Waals surface area contributed by atoms with Gasteiger partial charge in [-0.2, -0.15) is 0 Å². The Morgan fingerprint density at radius 3 is 2.67 bits per heavy atom. The zero-order chi connectivity index (χ0) is 15.8. The van der Waals surface area contributed by atoms with Gasteiger partial charge in [0, 0.05) is 31.6 Å². The predicted molar refractivity (Wildman–Crippen MR) is 105 cm³/mol. The molecule has 24 heavy (non-hydrogen) atoms. The van der Waals surface area contributed by atoms with Crippen LogP contribution in [0.1, 0.15) is 50.6 Å². The SMILES string of the molecule is CCC1CCCCN1CCNC(=O)CC(N)c1ccccc1.Cl.Cl. The van der Waals surface area contributed by atoms with Crippen molar-refractivity contribution in [2.45, 2.75) is 51.1 Å². The first-order chi connectivity index (χ1) is 10.7. The lowest BCUT2D eigenvalue weighted by molar-refractivity contribution is -0.121. The summed E-state index contributed by atoms with van der Waals surface area (Å²) in [5.41, 5.74) is 7.10. The summed E-state index contributed by atoms with van der Waals surface area (Å²) in [7, 11) is 0. The molecule has 2 unspecified atom stereocenters. The first-order valence-electron chi connectivity index (χ1n) is 8.52. The number of benzene rings is 1. The zero-order valence-corrected chi connectivity index (χ0v) is 16.1. The quantitative estimate of drug-likeness (QED) is 0.768. The smallest absolute Gasteiger partial charge is 0.221 e. The second-order valence-corrected chi connectivity index (χ2v) is 6.17. The number of halogens is 2. The molecule has 0 bridgehead atoms. The molecule has 1 amide bonds. The van der Waals surface area contributed by atoms with Gasteiger partial charge in [-0.3, -0.25) is 9.69 Å². The summed E-state index contributed by atoms with van der Waals surface area (Å²) < 4.78 is 0. The van der Waals surface area contributed by atoms with Crippen LogP contribution in [0.4, 0.5) is 0 Å². The van der Waals surface area contributed by atoms with E-state index in [2.05, 4.69) is 17.1 Å². The summed E-state index contributed by atoms with van der Waals surface area (Å²) in [5.74, 6) is 0.0430. The number of likely N-dealkylation sites (tertiary alicyclic amines) is 1. The van der Waals surface area contributed by atoms with E-state index in [-0.39, 0.29) is 36.8 Å². The van der Waals surface area contributed by atoms with E-state index in [1.54, 1.807) is 0 Å². The van der Waals surface area contributed by atoms with Crippen LogP contribution in [0.25, 0.3) is 0 Å². The lowest BCUT2D eigenvalue weighted by Gasteiger charge is -2.35. The standard InChI is InChI=1S/C18H29N3O.2ClH/c1-2-16-10-6-7-12-21(16)13-11-20-18(22)14-17(19)15-8-4-3-5-9-15;;/h3-5,8-9,16-17H,2,6-7,10-14,19H2,1H3,(H,20,22);2*1H. The highest BCUT2D eigenvalue weighted by Gasteiger charge is 2.20. The fourth-order valence-corrected chi connectivity index (χ4v) is 3.25. The first kappa shape index (κ1) is 23.2. The molecule has 6 heteroatoms. The highest BCUT2D eigenvalue weighted by molar-refractivity contribution is 5.85. The molecule has 1 aromatic carbocycles. The Labute approximate surface area is 158 Å². The predicted octanol–water partition coefficient (Wildman–Crippen LogP) is 3.30. The summed E-state index contributed by atoms with van der Waals surface area (Å²) in [5, 5.41) is 3.01. The number of carbonyl (C=O) groups is 1. The maximum absolute atomic E-state index is 12.0. The van der Waals surface area contributed by atoms with E-state index in [0.29, 0.717) is 12.5 Å². The van der Waals surface area contributed by atoms with Crippen LogP contribution in [0, 0.1) is 0 Å². The Balaban J connectivity index is 0.00000264. The van der Waals surface area contributed by atoms with E-state index in [1.807, 2.05) is 30.3 Å². The number of hydrogen-bond donors (Lipinski definition) is 2. The van der Waals surface area contributed by atoms with Crippen LogP contribution in [0.15, 0.2) is 30.3 Å². The van der Waals surface area contributed by atoms with Crippen LogP contribution >= 0.6 is 24.8 Å². The molecule has 1 aromatic rings. The number of amides is 1. The van der Waals surface area contributed by atoms with Gasteiger partial charge in [0.25, 0.3) is 0 Å². The number of hydrogen-bond acceptors (Lipinski definition) is 3. The van der Waals surface area contributed by atoms with Gasteiger partial charge in [0.15, 0.2) is 0 Å². The molecule has 0 radical (unpaired) electrons. The molecular weight excluding hydrogens is 345 g/mol. The van der Waals surface area contributed by atoms with Gasteiger partial charge in [-0.15, -0.1) is 24.8 Å². The van der Waals surface area contributed by atoms with Gasteiger partial charge in [-0.05, 0) is 31.4 Å². The summed E-state index contributed by atoms with van der Waals surface area (Å²) in [6.45, 7) is 5.08. The number of nitrogens with two attached hydrogens (primary N) is 1. The topological polar surface area (TPSA) is 58.4 Å². The average molecular weight is 376 g/mol. The van der Waals surface area contributed by atoms with Crippen molar-refractivity contribution >= 4 is 30.7 Å². The fourth-order valence-electron chi connectivity index (χ4n) is 3.25. The highest BCUT2D eigenvalue weighted by Crippen LogP contribution is 2.18. The number of rotatable bonds is 7. The van der Waals surface area contributed by atoms with E-state index in [1.165, 1.54) is 25.7 Å². The number of piperidine rings is 1. The number of carbonyl (C=O) groups excluding carboxylic acids is 1. The molecule has 1 aliphatic heterocycles. The van der Waals surface area contributed by atoms with Crippen LogP contribution in [-0.2, 0) is 4.79 Å². The largest absolute Gasteiger partial charge is 0.355 e. The third-order valence-electron chi connectivity index (χ3n) is 4.57. The van der Waals surface area contributed by atoms with E-state index in [4.69, 9.17) is 5.73 Å². The normalized spacial score (nSPS) is 18.8. The summed E-state index contributed by atoms with van der Waals surface area (Å²) in [6.07, 6.45) is 5.47. The molecule has 2 rings (SSSR count). The summed E-state index contributed by atoms with van der Waals surface area (Å²) in [4.78, 5) is 14.5. The van der Waals surface area contributed by atoms with E-state index >= 15 is 0 Å². The second kappa shape index (κ2) is 12.5. The molecule has 0 saturated carbocycles. The number of nitrogens with one attached hydrogen (secondary N) is 1. The van der Waals surface area contributed by atoms with Gasteiger partial charge in [0.1, 0.15) is 0 Å². The van der Waals surface area contributed by atoms with Gasteiger partial charge in [-0.25, -0.2) is 0 Å². The minimum atomic E-state index is -0.223. The zero-order valence-electron chi connectivity index (χ0n) is 14.4. The van der Waals surface area contributed by atoms with Crippen molar-refractivity contribution in [2.24, 2.45) is 5.73 Å². The van der Waals surface area contributed by atoms with Crippen molar-refractivity contribution in [3.63, 3.8) is 0 Å². The molecule has 0 aromatic heterocycles. The van der Waals surface area contributed by atoms with Crippen molar-refractivity contribution in [1.82, 2.24) is 10.2 Å². The third-order valence-corrected chi connectivity index (χ3v) is 4.57. The van der Waals surface area contributed by atoms with Crippen LogP contribution in [0.3, 0.4) is 0 Å². The highest BCUT2D eigenvalue weighted by atomic mass is 35.5. The fraction of sp³-hybridized carbons (Fsp3) is 0.611. The molecular formula is C18H31Cl2N3O. The second-order valence-electron chi connectivity index (χ2n) is 6.17. The molecule has 1 heterocycles. The third kappa shape index (κ3) is 7.39. The molecule has 4 nitrogen and oxygen atoms in total. The van der Waals surface area contributed by atoms with Gasteiger partial charge in [0.2, 0.25) is 5.91 Å². The van der Waals surface area contributed by atoms with Crippen molar-refractivity contribution in [3.05, 3.63) is 35.9 Å². The Hall–Kier alpha value is -0.810. The van der Waals surface area contributed by atoms with Crippen molar-refractivity contribution in [3.8, 4) is 0 Å². The molecule has 1 aliphatic rings. The van der Waals surface area contributed by atoms with E-state index in [9.17, 15) is 4.79 Å².